The van der Waals surface area contributed by atoms with E-state index in [4.69, 9.17) is 4.74 Å². The summed E-state index contributed by atoms with van der Waals surface area (Å²) >= 11 is 0. The van der Waals surface area contributed by atoms with Gasteiger partial charge in [0.1, 0.15) is 11.4 Å². The second-order valence-electron chi connectivity index (χ2n) is 4.67. The first-order chi connectivity index (χ1) is 10.7. The maximum Gasteiger partial charge on any atom is 0.354 e. The molecule has 5 nitrogen and oxygen atoms in total. The van der Waals surface area contributed by atoms with Crippen molar-refractivity contribution in [2.75, 3.05) is 7.11 Å². The Labute approximate surface area is 127 Å². The Balaban J connectivity index is 2.19. The summed E-state index contributed by atoms with van der Waals surface area (Å²) in [5, 5.41) is 13.9. The van der Waals surface area contributed by atoms with Crippen molar-refractivity contribution in [1.29, 1.82) is 0 Å². The molecule has 0 unspecified atom stereocenters. The molecule has 5 heteroatoms. The normalized spacial score (nSPS) is 10.4. The largest absolute Gasteiger partial charge is 0.494 e. The lowest BCUT2D eigenvalue weighted by Crippen LogP contribution is -2.09. The van der Waals surface area contributed by atoms with Crippen molar-refractivity contribution in [2.45, 2.75) is 0 Å². The standard InChI is InChI=1S/C17H14N2O3/c1-22-16-10-6-5-9-14(16)19-15(17(20)21)11-13(18-19)12-7-3-2-4-8-12/h2-11H,1H3,(H,20,21). The lowest BCUT2D eigenvalue weighted by molar-refractivity contribution is 0.0687. The molecule has 0 radical (unpaired) electrons. The van der Waals surface area contributed by atoms with Crippen molar-refractivity contribution < 1.29 is 14.6 Å². The van der Waals surface area contributed by atoms with E-state index in [-0.39, 0.29) is 5.69 Å². The molecule has 0 aliphatic rings. The number of nitrogens with zero attached hydrogens (tertiary/aromatic N) is 2. The van der Waals surface area contributed by atoms with Crippen molar-refractivity contribution in [3.63, 3.8) is 0 Å². The van der Waals surface area contributed by atoms with Gasteiger partial charge < -0.3 is 9.84 Å². The van der Waals surface area contributed by atoms with Gasteiger partial charge in [-0.05, 0) is 18.2 Å². The SMILES string of the molecule is COc1ccccc1-n1nc(-c2ccccc2)cc1C(=O)O. The van der Waals surface area contributed by atoms with Gasteiger partial charge in [-0.25, -0.2) is 9.48 Å². The minimum Gasteiger partial charge on any atom is -0.494 e. The van der Waals surface area contributed by atoms with Crippen molar-refractivity contribution in [2.24, 2.45) is 0 Å². The molecule has 1 heterocycles. The highest BCUT2D eigenvalue weighted by atomic mass is 16.5. The van der Waals surface area contributed by atoms with Crippen molar-refractivity contribution in [3.8, 4) is 22.7 Å². The van der Waals surface area contributed by atoms with Crippen LogP contribution in [0, 0.1) is 0 Å². The number of ether oxygens (including phenoxy) is 1. The Morgan fingerprint density at radius 3 is 2.45 bits per heavy atom. The molecule has 22 heavy (non-hydrogen) atoms. The highest BCUT2D eigenvalue weighted by Gasteiger charge is 2.18. The number of hydrogen-bond donors (Lipinski definition) is 1. The van der Waals surface area contributed by atoms with Gasteiger partial charge in [0.2, 0.25) is 0 Å². The third-order valence-corrected chi connectivity index (χ3v) is 3.31. The zero-order valence-corrected chi connectivity index (χ0v) is 11.9. The molecule has 0 bridgehead atoms. The van der Waals surface area contributed by atoms with Crippen molar-refractivity contribution >= 4 is 5.97 Å². The number of carbonyl (C=O) groups is 1. The van der Waals surface area contributed by atoms with Crippen molar-refractivity contribution in [3.05, 3.63) is 66.4 Å². The molecule has 0 atom stereocenters. The Hall–Kier alpha value is -3.08. The topological polar surface area (TPSA) is 64.4 Å². The van der Waals surface area contributed by atoms with Gasteiger partial charge in [-0.15, -0.1) is 0 Å². The van der Waals surface area contributed by atoms with Gasteiger partial charge in [-0.1, -0.05) is 42.5 Å². The van der Waals surface area contributed by atoms with Gasteiger partial charge in [0, 0.05) is 5.56 Å². The van der Waals surface area contributed by atoms with Gasteiger partial charge in [-0.3, -0.25) is 0 Å². The van der Waals surface area contributed by atoms with Crippen LogP contribution in [0.2, 0.25) is 0 Å². The van der Waals surface area contributed by atoms with E-state index in [9.17, 15) is 9.90 Å². The third-order valence-electron chi connectivity index (χ3n) is 3.31. The minimum atomic E-state index is -1.04. The van der Waals surface area contributed by atoms with Gasteiger partial charge in [0.15, 0.2) is 5.69 Å². The van der Waals surface area contributed by atoms with E-state index in [1.807, 2.05) is 42.5 Å². The number of rotatable bonds is 4. The highest BCUT2D eigenvalue weighted by Crippen LogP contribution is 2.26. The lowest BCUT2D eigenvalue weighted by atomic mass is 10.1. The van der Waals surface area contributed by atoms with E-state index < -0.39 is 5.97 Å². The summed E-state index contributed by atoms with van der Waals surface area (Å²) in [7, 11) is 1.54. The third kappa shape index (κ3) is 2.44. The number of carboxylic acid groups (broad SMARTS) is 1. The van der Waals surface area contributed by atoms with Crippen LogP contribution in [0.3, 0.4) is 0 Å². The van der Waals surface area contributed by atoms with E-state index in [2.05, 4.69) is 5.10 Å². The van der Waals surface area contributed by atoms with Crippen LogP contribution in [-0.2, 0) is 0 Å². The van der Waals surface area contributed by atoms with Crippen LogP contribution < -0.4 is 4.74 Å². The molecular weight excluding hydrogens is 280 g/mol. The summed E-state index contributed by atoms with van der Waals surface area (Å²) in [6.45, 7) is 0. The van der Waals surface area contributed by atoms with Gasteiger partial charge in [0.05, 0.1) is 12.8 Å². The maximum absolute atomic E-state index is 11.5. The smallest absolute Gasteiger partial charge is 0.354 e. The second kappa shape index (κ2) is 5.73. The maximum atomic E-state index is 11.5. The quantitative estimate of drug-likeness (QED) is 0.802. The predicted molar refractivity (Wildman–Crippen MR) is 82.5 cm³/mol. The molecule has 0 saturated heterocycles. The number of carboxylic acids is 1. The van der Waals surface area contributed by atoms with Crippen LogP contribution in [-0.4, -0.2) is 28.0 Å². The number of hydrogen-bond acceptors (Lipinski definition) is 3. The Kier molecular flexibility index (Phi) is 3.62. The molecule has 110 valence electrons. The van der Waals surface area contributed by atoms with Crippen LogP contribution in [0.1, 0.15) is 10.5 Å². The van der Waals surface area contributed by atoms with Crippen LogP contribution in [0.25, 0.3) is 16.9 Å². The van der Waals surface area contributed by atoms with Crippen LogP contribution >= 0.6 is 0 Å². The molecule has 2 aromatic carbocycles. The second-order valence-corrected chi connectivity index (χ2v) is 4.67. The molecule has 3 aromatic rings. The van der Waals surface area contributed by atoms with Crippen LogP contribution in [0.4, 0.5) is 0 Å². The van der Waals surface area contributed by atoms with Gasteiger partial charge in [0.25, 0.3) is 0 Å². The summed E-state index contributed by atoms with van der Waals surface area (Å²) in [5.74, 6) is -0.478. The monoisotopic (exact) mass is 294 g/mol. The van der Waals surface area contributed by atoms with Gasteiger partial charge >= 0.3 is 5.97 Å². The van der Waals surface area contributed by atoms with Crippen LogP contribution in [0.15, 0.2) is 60.7 Å². The molecule has 0 aliphatic heterocycles. The molecule has 3 rings (SSSR count). The minimum absolute atomic E-state index is 0.0864. The molecule has 0 spiro atoms. The molecule has 0 saturated carbocycles. The molecular formula is C17H14N2O3. The summed E-state index contributed by atoms with van der Waals surface area (Å²) in [6, 6.07) is 18.2. The number of aromatic nitrogens is 2. The fourth-order valence-corrected chi connectivity index (χ4v) is 2.27. The lowest BCUT2D eigenvalue weighted by Gasteiger charge is -2.09. The van der Waals surface area contributed by atoms with E-state index in [0.29, 0.717) is 17.1 Å². The first-order valence-electron chi connectivity index (χ1n) is 6.73. The number of benzene rings is 2. The molecule has 0 amide bonds. The predicted octanol–water partition coefficient (Wildman–Crippen LogP) is 3.25. The van der Waals surface area contributed by atoms with E-state index >= 15 is 0 Å². The first kappa shape index (κ1) is 13.9. The molecule has 1 N–H and O–H groups in total. The summed E-state index contributed by atoms with van der Waals surface area (Å²) in [4.78, 5) is 11.5. The fourth-order valence-electron chi connectivity index (χ4n) is 2.27. The van der Waals surface area contributed by atoms with Crippen molar-refractivity contribution in [1.82, 2.24) is 9.78 Å². The Morgan fingerprint density at radius 2 is 1.77 bits per heavy atom. The highest BCUT2D eigenvalue weighted by molar-refractivity contribution is 5.88. The van der Waals surface area contributed by atoms with E-state index in [0.717, 1.165) is 5.56 Å². The Bertz CT molecular complexity index is 810. The van der Waals surface area contributed by atoms with E-state index in [1.165, 1.54) is 4.68 Å². The number of methoxy groups -OCH3 is 1. The summed E-state index contributed by atoms with van der Waals surface area (Å²) in [5.41, 5.74) is 2.13. The molecule has 1 aromatic heterocycles. The first-order valence-corrected chi connectivity index (χ1v) is 6.73. The average molecular weight is 294 g/mol. The fraction of sp³-hybridized carbons (Fsp3) is 0.0588. The number of para-hydroxylation sites is 2. The van der Waals surface area contributed by atoms with Gasteiger partial charge in [-0.2, -0.15) is 5.10 Å². The Morgan fingerprint density at radius 1 is 1.09 bits per heavy atom. The number of aromatic carboxylic acids is 1. The average Bonchev–Trinajstić information content (AvgIpc) is 3.01. The zero-order valence-electron chi connectivity index (χ0n) is 11.9. The van der Waals surface area contributed by atoms with Crippen LogP contribution in [0.5, 0.6) is 5.75 Å². The molecule has 0 aliphatic carbocycles. The van der Waals surface area contributed by atoms with E-state index in [1.54, 1.807) is 25.3 Å². The zero-order chi connectivity index (χ0) is 15.5. The molecule has 0 fully saturated rings. The summed E-state index contributed by atoms with van der Waals surface area (Å²) < 4.78 is 6.69. The summed E-state index contributed by atoms with van der Waals surface area (Å²) in [6.07, 6.45) is 0.